The Bertz CT molecular complexity index is 988. The Morgan fingerprint density at radius 3 is 2.68 bits per heavy atom. The molecule has 164 valence electrons. The minimum atomic E-state index is 0. The summed E-state index contributed by atoms with van der Waals surface area (Å²) in [5.41, 5.74) is 3.58. The first kappa shape index (κ1) is 23.1. The van der Waals surface area contributed by atoms with E-state index in [-0.39, 0.29) is 24.0 Å². The first-order valence-electron chi connectivity index (χ1n) is 10.5. The van der Waals surface area contributed by atoms with Crippen LogP contribution in [0, 0.1) is 0 Å². The molecule has 0 radical (unpaired) electrons. The normalized spacial score (nSPS) is 16.1. The van der Waals surface area contributed by atoms with Crippen molar-refractivity contribution in [3.05, 3.63) is 72.6 Å². The molecule has 1 aromatic heterocycles. The Labute approximate surface area is 201 Å². The molecule has 0 bridgehead atoms. The van der Waals surface area contributed by atoms with Crippen LogP contribution in [-0.2, 0) is 7.05 Å². The van der Waals surface area contributed by atoms with Gasteiger partial charge in [0.15, 0.2) is 5.96 Å². The van der Waals surface area contributed by atoms with Crippen molar-refractivity contribution in [1.29, 1.82) is 0 Å². The van der Waals surface area contributed by atoms with E-state index < -0.39 is 0 Å². The van der Waals surface area contributed by atoms with Gasteiger partial charge in [-0.2, -0.15) is 5.10 Å². The molecular formula is C24H30IN5O. The number of rotatable bonds is 6. The van der Waals surface area contributed by atoms with Crippen LogP contribution in [0.3, 0.4) is 0 Å². The van der Waals surface area contributed by atoms with Gasteiger partial charge in [-0.1, -0.05) is 48.5 Å². The van der Waals surface area contributed by atoms with E-state index in [0.29, 0.717) is 19.1 Å². The largest absolute Gasteiger partial charge is 0.491 e. The quantitative estimate of drug-likeness (QED) is 0.225. The van der Waals surface area contributed by atoms with E-state index in [0.717, 1.165) is 42.3 Å². The van der Waals surface area contributed by atoms with Crippen molar-refractivity contribution in [3.8, 4) is 16.9 Å². The molecule has 6 nitrogen and oxygen atoms in total. The fraction of sp³-hybridized carbons (Fsp3) is 0.333. The smallest absolute Gasteiger partial charge is 0.193 e. The van der Waals surface area contributed by atoms with Gasteiger partial charge in [-0.15, -0.1) is 24.0 Å². The van der Waals surface area contributed by atoms with Crippen LogP contribution in [0.1, 0.15) is 17.9 Å². The fourth-order valence-corrected chi connectivity index (χ4v) is 3.98. The summed E-state index contributed by atoms with van der Waals surface area (Å²) in [6, 6.07) is 18.5. The van der Waals surface area contributed by atoms with Crippen molar-refractivity contribution in [2.45, 2.75) is 12.3 Å². The Morgan fingerprint density at radius 1 is 1.16 bits per heavy atom. The molecule has 1 aliphatic rings. The highest BCUT2D eigenvalue weighted by Crippen LogP contribution is 2.29. The molecule has 3 aromatic rings. The van der Waals surface area contributed by atoms with Crippen LogP contribution < -0.4 is 10.1 Å². The topological polar surface area (TPSA) is 54.7 Å². The van der Waals surface area contributed by atoms with Gasteiger partial charge in [0.05, 0.1) is 12.7 Å². The predicted octanol–water partition coefficient (Wildman–Crippen LogP) is 4.15. The lowest BCUT2D eigenvalue weighted by Crippen LogP contribution is -2.41. The zero-order chi connectivity index (χ0) is 20.8. The Balaban J connectivity index is 0.00000272. The van der Waals surface area contributed by atoms with Gasteiger partial charge in [-0.05, 0) is 23.6 Å². The number of nitrogens with zero attached hydrogens (tertiary/aromatic N) is 4. The van der Waals surface area contributed by atoms with Gasteiger partial charge in [0, 0.05) is 44.9 Å². The molecule has 0 aliphatic carbocycles. The number of ether oxygens (including phenoxy) is 1. The Hall–Kier alpha value is -2.55. The number of halogens is 1. The monoisotopic (exact) mass is 531 g/mol. The Kier molecular flexibility index (Phi) is 8.34. The summed E-state index contributed by atoms with van der Waals surface area (Å²) >= 11 is 0. The predicted molar refractivity (Wildman–Crippen MR) is 136 cm³/mol. The second-order valence-electron chi connectivity index (χ2n) is 7.56. The number of para-hydroxylation sites is 1. The van der Waals surface area contributed by atoms with E-state index in [1.807, 2.05) is 61.4 Å². The first-order valence-corrected chi connectivity index (χ1v) is 10.5. The summed E-state index contributed by atoms with van der Waals surface area (Å²) in [5.74, 6) is 2.34. The number of nitrogens with one attached hydrogen (secondary N) is 1. The van der Waals surface area contributed by atoms with Gasteiger partial charge in [0.1, 0.15) is 12.4 Å². The molecule has 0 spiro atoms. The third kappa shape index (κ3) is 5.78. The lowest BCUT2D eigenvalue weighted by Gasteiger charge is -2.22. The van der Waals surface area contributed by atoms with Crippen LogP contribution in [0.5, 0.6) is 5.75 Å². The van der Waals surface area contributed by atoms with Crippen molar-refractivity contribution >= 4 is 29.9 Å². The second-order valence-corrected chi connectivity index (χ2v) is 7.56. The molecule has 2 aromatic carbocycles. The molecule has 0 amide bonds. The standard InChI is InChI=1S/C24H29N5O.HI/c1-25-24(29-14-12-20(18-29)21-16-27-28(2)17-21)26-13-15-30-23-11-7-6-10-22(23)19-8-4-3-5-9-19;/h3-11,16-17,20H,12-15,18H2,1-2H3,(H,25,26);1H. The minimum absolute atomic E-state index is 0. The van der Waals surface area contributed by atoms with Crippen LogP contribution in [0.25, 0.3) is 11.1 Å². The molecule has 4 rings (SSSR count). The molecule has 1 atom stereocenters. The van der Waals surface area contributed by atoms with E-state index in [1.165, 1.54) is 5.56 Å². The zero-order valence-electron chi connectivity index (χ0n) is 18.1. The van der Waals surface area contributed by atoms with Crippen LogP contribution >= 0.6 is 24.0 Å². The van der Waals surface area contributed by atoms with Gasteiger partial charge in [-0.25, -0.2) is 0 Å². The maximum atomic E-state index is 6.10. The highest BCUT2D eigenvalue weighted by atomic mass is 127. The first-order chi connectivity index (χ1) is 14.7. The highest BCUT2D eigenvalue weighted by Gasteiger charge is 2.26. The van der Waals surface area contributed by atoms with E-state index in [4.69, 9.17) is 4.74 Å². The van der Waals surface area contributed by atoms with Crippen molar-refractivity contribution in [2.24, 2.45) is 12.0 Å². The van der Waals surface area contributed by atoms with Crippen LogP contribution in [-0.4, -0.2) is 53.9 Å². The maximum absolute atomic E-state index is 6.10. The van der Waals surface area contributed by atoms with Crippen molar-refractivity contribution in [3.63, 3.8) is 0 Å². The average molecular weight is 531 g/mol. The van der Waals surface area contributed by atoms with E-state index in [2.05, 4.69) is 44.7 Å². The number of hydrogen-bond donors (Lipinski definition) is 1. The molecule has 1 unspecified atom stereocenters. The zero-order valence-corrected chi connectivity index (χ0v) is 20.4. The van der Waals surface area contributed by atoms with E-state index >= 15 is 0 Å². The molecule has 1 aliphatic heterocycles. The lowest BCUT2D eigenvalue weighted by molar-refractivity contribution is 0.320. The van der Waals surface area contributed by atoms with Gasteiger partial charge in [0.25, 0.3) is 0 Å². The average Bonchev–Trinajstić information content (AvgIpc) is 3.44. The molecular weight excluding hydrogens is 501 g/mol. The summed E-state index contributed by atoms with van der Waals surface area (Å²) in [6.07, 6.45) is 5.21. The third-order valence-corrected chi connectivity index (χ3v) is 5.51. The van der Waals surface area contributed by atoms with Gasteiger partial charge < -0.3 is 15.0 Å². The molecule has 1 saturated heterocycles. The number of aliphatic imine (C=N–C) groups is 1. The van der Waals surface area contributed by atoms with Crippen molar-refractivity contribution in [2.75, 3.05) is 33.3 Å². The number of hydrogen-bond acceptors (Lipinski definition) is 3. The lowest BCUT2D eigenvalue weighted by atomic mass is 10.0. The Morgan fingerprint density at radius 2 is 1.94 bits per heavy atom. The number of benzene rings is 2. The molecule has 7 heteroatoms. The highest BCUT2D eigenvalue weighted by molar-refractivity contribution is 14.0. The summed E-state index contributed by atoms with van der Waals surface area (Å²) in [5, 5.41) is 7.75. The fourth-order valence-electron chi connectivity index (χ4n) is 3.98. The van der Waals surface area contributed by atoms with Crippen LogP contribution in [0.4, 0.5) is 0 Å². The molecule has 1 N–H and O–H groups in total. The molecule has 2 heterocycles. The van der Waals surface area contributed by atoms with Crippen molar-refractivity contribution < 1.29 is 4.74 Å². The molecule has 1 fully saturated rings. The summed E-state index contributed by atoms with van der Waals surface area (Å²) in [4.78, 5) is 6.78. The SMILES string of the molecule is CN=C(NCCOc1ccccc1-c1ccccc1)N1CCC(c2cnn(C)c2)C1.I. The summed E-state index contributed by atoms with van der Waals surface area (Å²) < 4.78 is 7.97. The van der Waals surface area contributed by atoms with Crippen LogP contribution in [0.15, 0.2) is 72.0 Å². The van der Waals surface area contributed by atoms with Gasteiger partial charge in [-0.3, -0.25) is 9.67 Å². The second kappa shape index (κ2) is 11.2. The van der Waals surface area contributed by atoms with Crippen LogP contribution in [0.2, 0.25) is 0 Å². The minimum Gasteiger partial charge on any atom is -0.491 e. The van der Waals surface area contributed by atoms with Gasteiger partial charge >= 0.3 is 0 Å². The molecule has 31 heavy (non-hydrogen) atoms. The third-order valence-electron chi connectivity index (χ3n) is 5.51. The van der Waals surface area contributed by atoms with Crippen molar-refractivity contribution in [1.82, 2.24) is 20.0 Å². The summed E-state index contributed by atoms with van der Waals surface area (Å²) in [7, 11) is 3.80. The van der Waals surface area contributed by atoms with E-state index in [9.17, 15) is 0 Å². The number of guanidine groups is 1. The number of aromatic nitrogens is 2. The molecule has 0 saturated carbocycles. The maximum Gasteiger partial charge on any atom is 0.193 e. The van der Waals surface area contributed by atoms with Gasteiger partial charge in [0.2, 0.25) is 0 Å². The number of likely N-dealkylation sites (tertiary alicyclic amines) is 1. The summed E-state index contributed by atoms with van der Waals surface area (Å²) in [6.45, 7) is 3.23. The van der Waals surface area contributed by atoms with E-state index in [1.54, 1.807) is 0 Å². The number of aryl methyl sites for hydroxylation is 1.